The van der Waals surface area contributed by atoms with E-state index in [-0.39, 0.29) is 0 Å². The number of aromatic amines is 1. The third-order valence-corrected chi connectivity index (χ3v) is 4.37. The Hall–Kier alpha value is -1.85. The fraction of sp³-hybridized carbons (Fsp3) is 0.438. The molecule has 4 rings (SSSR count). The Morgan fingerprint density at radius 1 is 1.05 bits per heavy atom. The molecule has 0 aliphatic carbocycles. The van der Waals surface area contributed by atoms with Crippen LogP contribution in [-0.2, 0) is 0 Å². The van der Waals surface area contributed by atoms with Gasteiger partial charge in [0.2, 0.25) is 0 Å². The van der Waals surface area contributed by atoms with Gasteiger partial charge >= 0.3 is 0 Å². The number of hydrogen-bond acceptors (Lipinski definition) is 4. The molecule has 110 valence electrons. The molecule has 1 saturated heterocycles. The second-order valence-electron chi connectivity index (χ2n) is 5.70. The summed E-state index contributed by atoms with van der Waals surface area (Å²) in [5.41, 5.74) is 4.86. The molecule has 21 heavy (non-hydrogen) atoms. The molecule has 0 spiro atoms. The molecule has 5 nitrogen and oxygen atoms in total. The zero-order valence-electron chi connectivity index (χ0n) is 12.2. The molecule has 1 fully saturated rings. The first-order valence-electron chi connectivity index (χ1n) is 7.76. The smallest absolute Gasteiger partial charge is 0.0969 e. The molecule has 5 heteroatoms. The number of fused-ring (bicyclic) bond motifs is 1. The van der Waals surface area contributed by atoms with Gasteiger partial charge in [-0.05, 0) is 24.6 Å². The van der Waals surface area contributed by atoms with Crippen LogP contribution in [0.1, 0.15) is 12.1 Å². The summed E-state index contributed by atoms with van der Waals surface area (Å²) in [6.07, 6.45) is 3.39. The van der Waals surface area contributed by atoms with E-state index in [0.29, 0.717) is 0 Å². The molecule has 1 aromatic heterocycles. The molecule has 0 atom stereocenters. The number of aromatic nitrogens is 2. The van der Waals surface area contributed by atoms with Crippen molar-refractivity contribution >= 4 is 22.2 Å². The lowest BCUT2D eigenvalue weighted by Gasteiger charge is -2.29. The van der Waals surface area contributed by atoms with Crippen LogP contribution in [0.4, 0.5) is 5.69 Å². The Morgan fingerprint density at radius 3 is 2.76 bits per heavy atom. The van der Waals surface area contributed by atoms with Crippen molar-refractivity contribution in [1.82, 2.24) is 20.8 Å². The number of H-pyrrole nitrogens is 1. The number of para-hydroxylation sites is 1. The minimum atomic E-state index is 0.914. The first-order valence-corrected chi connectivity index (χ1v) is 7.76. The highest BCUT2D eigenvalue weighted by Crippen LogP contribution is 2.30. The summed E-state index contributed by atoms with van der Waals surface area (Å²) < 4.78 is 0. The first-order chi connectivity index (χ1) is 10.4. The van der Waals surface area contributed by atoms with Crippen molar-refractivity contribution in [2.24, 2.45) is 0 Å². The van der Waals surface area contributed by atoms with Crippen LogP contribution in [0.25, 0.3) is 16.5 Å². The van der Waals surface area contributed by atoms with Crippen LogP contribution in [0.5, 0.6) is 0 Å². The zero-order chi connectivity index (χ0) is 14.1. The van der Waals surface area contributed by atoms with Crippen LogP contribution >= 0.6 is 0 Å². The second kappa shape index (κ2) is 5.50. The van der Waals surface area contributed by atoms with Gasteiger partial charge in [-0.3, -0.25) is 5.10 Å². The summed E-state index contributed by atoms with van der Waals surface area (Å²) in [7, 11) is 0. The molecule has 2 aromatic rings. The van der Waals surface area contributed by atoms with Crippen LogP contribution < -0.4 is 15.5 Å². The predicted octanol–water partition coefficient (Wildman–Crippen LogP) is 1.35. The van der Waals surface area contributed by atoms with Crippen LogP contribution in [0.2, 0.25) is 0 Å². The van der Waals surface area contributed by atoms with Crippen molar-refractivity contribution in [2.75, 3.05) is 44.2 Å². The number of nitrogens with one attached hydrogen (secondary N) is 3. The maximum atomic E-state index is 4.60. The Kier molecular flexibility index (Phi) is 3.37. The fourth-order valence-electron chi connectivity index (χ4n) is 3.27. The van der Waals surface area contributed by atoms with Gasteiger partial charge in [0.1, 0.15) is 0 Å². The molecule has 0 unspecified atom stereocenters. The van der Waals surface area contributed by atoms with Crippen molar-refractivity contribution in [3.05, 3.63) is 30.0 Å². The number of hydrogen-bond donors (Lipinski definition) is 3. The number of rotatable bonds is 2. The SMILES string of the molecule is C1=C(c2n[nH]c3c(N4CCNCC4)cccc23)CNCC1. The topological polar surface area (TPSA) is 56.0 Å². The lowest BCUT2D eigenvalue weighted by molar-refractivity contribution is 0.590. The highest BCUT2D eigenvalue weighted by Gasteiger charge is 2.18. The van der Waals surface area contributed by atoms with E-state index in [1.54, 1.807) is 0 Å². The summed E-state index contributed by atoms with van der Waals surface area (Å²) in [6, 6.07) is 6.52. The Balaban J connectivity index is 1.77. The van der Waals surface area contributed by atoms with Crippen LogP contribution in [-0.4, -0.2) is 49.5 Å². The maximum absolute atomic E-state index is 4.60. The fourth-order valence-corrected chi connectivity index (χ4v) is 3.27. The predicted molar refractivity (Wildman–Crippen MR) is 86.6 cm³/mol. The number of benzene rings is 1. The van der Waals surface area contributed by atoms with Crippen LogP contribution in [0, 0.1) is 0 Å². The van der Waals surface area contributed by atoms with Crippen molar-refractivity contribution < 1.29 is 0 Å². The van der Waals surface area contributed by atoms with E-state index in [0.717, 1.165) is 51.4 Å². The second-order valence-corrected chi connectivity index (χ2v) is 5.70. The Bertz CT molecular complexity index is 666. The van der Waals surface area contributed by atoms with E-state index in [1.807, 2.05) is 0 Å². The van der Waals surface area contributed by atoms with Crippen LogP contribution in [0.3, 0.4) is 0 Å². The standard InChI is InChI=1S/C16H21N5/c1-4-13-15(12-3-2-6-18-11-12)19-20-16(13)14(5-1)21-9-7-17-8-10-21/h1,3-5,17-18H,2,6-11H2,(H,19,20). The summed E-state index contributed by atoms with van der Waals surface area (Å²) in [6.45, 7) is 6.18. The van der Waals surface area contributed by atoms with Gasteiger partial charge in [-0.25, -0.2) is 0 Å². The average Bonchev–Trinajstić information content (AvgIpc) is 3.00. The summed E-state index contributed by atoms with van der Waals surface area (Å²) in [5, 5.41) is 15.9. The van der Waals surface area contributed by atoms with Gasteiger partial charge < -0.3 is 15.5 Å². The molecule has 2 aliphatic heterocycles. The zero-order valence-corrected chi connectivity index (χ0v) is 12.2. The normalized spacial score (nSPS) is 19.8. The minimum absolute atomic E-state index is 0.914. The lowest BCUT2D eigenvalue weighted by atomic mass is 10.0. The summed E-state index contributed by atoms with van der Waals surface area (Å²) in [5.74, 6) is 0. The quantitative estimate of drug-likeness (QED) is 0.779. The molecule has 0 radical (unpaired) electrons. The van der Waals surface area contributed by atoms with Gasteiger partial charge in [-0.2, -0.15) is 5.10 Å². The monoisotopic (exact) mass is 283 g/mol. The molecule has 3 heterocycles. The summed E-state index contributed by atoms with van der Waals surface area (Å²) >= 11 is 0. The van der Waals surface area contributed by atoms with Gasteiger partial charge in [-0.1, -0.05) is 18.2 Å². The van der Waals surface area contributed by atoms with Crippen LogP contribution in [0.15, 0.2) is 24.3 Å². The third-order valence-electron chi connectivity index (χ3n) is 4.37. The average molecular weight is 283 g/mol. The first kappa shape index (κ1) is 12.9. The number of anilines is 1. The molecule has 0 amide bonds. The van der Waals surface area contributed by atoms with Crippen molar-refractivity contribution in [3.8, 4) is 0 Å². The molecule has 0 saturated carbocycles. The van der Waals surface area contributed by atoms with E-state index in [4.69, 9.17) is 0 Å². The van der Waals surface area contributed by atoms with E-state index in [1.165, 1.54) is 22.2 Å². The third kappa shape index (κ3) is 2.32. The highest BCUT2D eigenvalue weighted by atomic mass is 15.2. The van der Waals surface area contributed by atoms with Gasteiger partial charge in [-0.15, -0.1) is 0 Å². The Labute approximate surface area is 124 Å². The lowest BCUT2D eigenvalue weighted by Crippen LogP contribution is -2.43. The van der Waals surface area contributed by atoms with Gasteiger partial charge in [0.05, 0.1) is 16.9 Å². The molecular weight excluding hydrogens is 262 g/mol. The number of nitrogens with zero attached hydrogens (tertiary/aromatic N) is 2. The van der Waals surface area contributed by atoms with Crippen molar-refractivity contribution in [1.29, 1.82) is 0 Å². The van der Waals surface area contributed by atoms with E-state index in [2.05, 4.69) is 50.0 Å². The van der Waals surface area contributed by atoms with Gasteiger partial charge in [0.15, 0.2) is 0 Å². The molecule has 2 aliphatic rings. The minimum Gasteiger partial charge on any atom is -0.367 e. The summed E-state index contributed by atoms with van der Waals surface area (Å²) in [4.78, 5) is 2.44. The maximum Gasteiger partial charge on any atom is 0.0969 e. The molecule has 1 aromatic carbocycles. The largest absolute Gasteiger partial charge is 0.367 e. The molecule has 3 N–H and O–H groups in total. The Morgan fingerprint density at radius 2 is 1.95 bits per heavy atom. The van der Waals surface area contributed by atoms with E-state index >= 15 is 0 Å². The number of piperazine rings is 1. The van der Waals surface area contributed by atoms with E-state index < -0.39 is 0 Å². The van der Waals surface area contributed by atoms with Gasteiger partial charge in [0.25, 0.3) is 0 Å². The van der Waals surface area contributed by atoms with E-state index in [9.17, 15) is 0 Å². The molecule has 0 bridgehead atoms. The van der Waals surface area contributed by atoms with Crippen molar-refractivity contribution in [3.63, 3.8) is 0 Å². The van der Waals surface area contributed by atoms with Crippen molar-refractivity contribution in [2.45, 2.75) is 6.42 Å². The van der Waals surface area contributed by atoms with Gasteiger partial charge in [0, 0.05) is 38.1 Å². The molecular formula is C16H21N5. The highest BCUT2D eigenvalue weighted by molar-refractivity contribution is 5.98.